The first-order valence-corrected chi connectivity index (χ1v) is 6.49. The third-order valence-corrected chi connectivity index (χ3v) is 2.95. The second-order valence-corrected chi connectivity index (χ2v) is 5.18. The lowest BCUT2D eigenvalue weighted by Crippen LogP contribution is -2.36. The molecule has 1 saturated heterocycles. The van der Waals surface area contributed by atoms with Crippen molar-refractivity contribution in [2.45, 2.75) is 45.7 Å². The molecule has 2 rings (SSSR count). The van der Waals surface area contributed by atoms with Gasteiger partial charge in [0.05, 0.1) is 18.8 Å². The van der Waals surface area contributed by atoms with E-state index in [4.69, 9.17) is 9.26 Å². The first kappa shape index (κ1) is 12.6. The second-order valence-electron chi connectivity index (χ2n) is 5.18. The van der Waals surface area contributed by atoms with Crippen molar-refractivity contribution in [1.82, 2.24) is 10.5 Å². The molecule has 1 atom stereocenters. The lowest BCUT2D eigenvalue weighted by Gasteiger charge is -2.22. The third-order valence-electron chi connectivity index (χ3n) is 2.95. The zero-order chi connectivity index (χ0) is 12.1. The highest BCUT2D eigenvalue weighted by atomic mass is 16.5. The fourth-order valence-corrected chi connectivity index (χ4v) is 2.10. The Morgan fingerprint density at radius 1 is 1.53 bits per heavy atom. The van der Waals surface area contributed by atoms with Gasteiger partial charge in [0.15, 0.2) is 5.76 Å². The minimum Gasteiger partial charge on any atom is -0.380 e. The molecule has 0 bridgehead atoms. The molecule has 1 unspecified atom stereocenters. The molecule has 1 N–H and O–H groups in total. The summed E-state index contributed by atoms with van der Waals surface area (Å²) in [5.74, 6) is 1.54. The Morgan fingerprint density at radius 3 is 3.12 bits per heavy atom. The summed E-state index contributed by atoms with van der Waals surface area (Å²) in [4.78, 5) is 0. The van der Waals surface area contributed by atoms with Gasteiger partial charge in [-0.25, -0.2) is 0 Å². The Morgan fingerprint density at radius 2 is 2.41 bits per heavy atom. The molecule has 1 aromatic heterocycles. The van der Waals surface area contributed by atoms with Crippen LogP contribution in [0.3, 0.4) is 0 Å². The highest BCUT2D eigenvalue weighted by Gasteiger charge is 2.14. The van der Waals surface area contributed by atoms with E-state index in [0.29, 0.717) is 12.0 Å². The maximum atomic E-state index is 5.42. The highest BCUT2D eigenvalue weighted by Crippen LogP contribution is 2.11. The molecule has 0 aromatic carbocycles. The van der Waals surface area contributed by atoms with E-state index in [2.05, 4.69) is 30.4 Å². The third kappa shape index (κ3) is 4.13. The molecule has 1 aliphatic rings. The van der Waals surface area contributed by atoms with E-state index in [1.807, 2.05) is 0 Å². The Balaban J connectivity index is 1.76. The van der Waals surface area contributed by atoms with Crippen molar-refractivity contribution in [3.63, 3.8) is 0 Å². The summed E-state index contributed by atoms with van der Waals surface area (Å²) in [7, 11) is 0. The zero-order valence-electron chi connectivity index (χ0n) is 10.7. The Hall–Kier alpha value is -0.870. The van der Waals surface area contributed by atoms with Crippen LogP contribution in [0.5, 0.6) is 0 Å². The first-order valence-electron chi connectivity index (χ1n) is 6.49. The number of nitrogens with zero attached hydrogens (tertiary/aromatic N) is 1. The number of ether oxygens (including phenoxy) is 1. The maximum absolute atomic E-state index is 5.42. The molecule has 1 aliphatic heterocycles. The van der Waals surface area contributed by atoms with Crippen molar-refractivity contribution >= 4 is 0 Å². The van der Waals surface area contributed by atoms with Crippen LogP contribution in [-0.4, -0.2) is 24.4 Å². The van der Waals surface area contributed by atoms with Crippen molar-refractivity contribution < 1.29 is 9.26 Å². The van der Waals surface area contributed by atoms with Gasteiger partial charge >= 0.3 is 0 Å². The average molecular weight is 238 g/mol. The SMILES string of the molecule is CC(C)Cc1cc(CNC2CCCOC2)on1. The van der Waals surface area contributed by atoms with Crippen molar-refractivity contribution in [2.24, 2.45) is 5.92 Å². The normalized spacial score (nSPS) is 21.0. The second kappa shape index (κ2) is 6.17. The molecule has 4 heteroatoms. The van der Waals surface area contributed by atoms with Gasteiger partial charge in [-0.1, -0.05) is 19.0 Å². The number of hydrogen-bond donors (Lipinski definition) is 1. The molecule has 17 heavy (non-hydrogen) atoms. The predicted octanol–water partition coefficient (Wildman–Crippen LogP) is 2.14. The monoisotopic (exact) mass is 238 g/mol. The van der Waals surface area contributed by atoms with Gasteiger partial charge in [0.2, 0.25) is 0 Å². The molecule has 4 nitrogen and oxygen atoms in total. The van der Waals surface area contributed by atoms with E-state index in [0.717, 1.165) is 44.1 Å². The van der Waals surface area contributed by atoms with Crippen molar-refractivity contribution in [1.29, 1.82) is 0 Å². The van der Waals surface area contributed by atoms with Crippen molar-refractivity contribution in [2.75, 3.05) is 13.2 Å². The molecular weight excluding hydrogens is 216 g/mol. The summed E-state index contributed by atoms with van der Waals surface area (Å²) in [6, 6.07) is 2.51. The lowest BCUT2D eigenvalue weighted by molar-refractivity contribution is 0.0691. The van der Waals surface area contributed by atoms with E-state index in [9.17, 15) is 0 Å². The smallest absolute Gasteiger partial charge is 0.150 e. The summed E-state index contributed by atoms with van der Waals surface area (Å²) in [5, 5.41) is 7.52. The van der Waals surface area contributed by atoms with E-state index in [1.165, 1.54) is 6.42 Å². The highest BCUT2D eigenvalue weighted by molar-refractivity contribution is 5.05. The molecule has 0 spiro atoms. The standard InChI is InChI=1S/C13H22N2O2/c1-10(2)6-12-7-13(17-15-12)8-14-11-4-3-5-16-9-11/h7,10-11,14H,3-6,8-9H2,1-2H3. The van der Waals surface area contributed by atoms with E-state index in [1.54, 1.807) is 0 Å². The molecule has 0 saturated carbocycles. The predicted molar refractivity (Wildman–Crippen MR) is 65.7 cm³/mol. The topological polar surface area (TPSA) is 47.3 Å². The summed E-state index contributed by atoms with van der Waals surface area (Å²) < 4.78 is 10.7. The minimum absolute atomic E-state index is 0.461. The Kier molecular flexibility index (Phi) is 4.57. The van der Waals surface area contributed by atoms with Gasteiger partial charge in [0.1, 0.15) is 0 Å². The van der Waals surface area contributed by atoms with E-state index < -0.39 is 0 Å². The van der Waals surface area contributed by atoms with Crippen LogP contribution in [0.4, 0.5) is 0 Å². The molecule has 2 heterocycles. The van der Waals surface area contributed by atoms with Crippen LogP contribution >= 0.6 is 0 Å². The average Bonchev–Trinajstić information content (AvgIpc) is 2.75. The van der Waals surface area contributed by atoms with Crippen LogP contribution in [0, 0.1) is 5.92 Å². The number of aromatic nitrogens is 1. The van der Waals surface area contributed by atoms with Crippen molar-refractivity contribution in [3.05, 3.63) is 17.5 Å². The van der Waals surface area contributed by atoms with E-state index >= 15 is 0 Å². The summed E-state index contributed by atoms with van der Waals surface area (Å²) >= 11 is 0. The van der Waals surface area contributed by atoms with Gasteiger partial charge in [-0.05, 0) is 25.2 Å². The largest absolute Gasteiger partial charge is 0.380 e. The van der Waals surface area contributed by atoms with E-state index in [-0.39, 0.29) is 0 Å². The van der Waals surface area contributed by atoms with Crippen LogP contribution in [0.15, 0.2) is 10.6 Å². The van der Waals surface area contributed by atoms with Gasteiger partial charge < -0.3 is 14.6 Å². The maximum Gasteiger partial charge on any atom is 0.150 e. The van der Waals surface area contributed by atoms with Crippen LogP contribution in [0.2, 0.25) is 0 Å². The molecule has 1 fully saturated rings. The lowest BCUT2D eigenvalue weighted by atomic mass is 10.1. The van der Waals surface area contributed by atoms with Gasteiger partial charge in [0, 0.05) is 18.7 Å². The molecular formula is C13H22N2O2. The molecule has 96 valence electrons. The van der Waals surface area contributed by atoms with Crippen molar-refractivity contribution in [3.8, 4) is 0 Å². The molecule has 0 radical (unpaired) electrons. The summed E-state index contributed by atoms with van der Waals surface area (Å²) in [6.45, 7) is 6.84. The Bertz CT molecular complexity index is 330. The van der Waals surface area contributed by atoms with Crippen LogP contribution in [0.25, 0.3) is 0 Å². The van der Waals surface area contributed by atoms with Crippen LogP contribution in [-0.2, 0) is 17.7 Å². The zero-order valence-corrected chi connectivity index (χ0v) is 10.7. The number of rotatable bonds is 5. The van der Waals surface area contributed by atoms with Gasteiger partial charge in [0.25, 0.3) is 0 Å². The van der Waals surface area contributed by atoms with Gasteiger partial charge in [-0.3, -0.25) is 0 Å². The first-order chi connectivity index (χ1) is 8.24. The summed E-state index contributed by atoms with van der Waals surface area (Å²) in [6.07, 6.45) is 3.32. The molecule has 1 aromatic rings. The number of hydrogen-bond acceptors (Lipinski definition) is 4. The van der Waals surface area contributed by atoms with Crippen LogP contribution < -0.4 is 5.32 Å². The number of nitrogens with one attached hydrogen (secondary N) is 1. The van der Waals surface area contributed by atoms with Gasteiger partial charge in [-0.15, -0.1) is 0 Å². The molecule has 0 amide bonds. The fraction of sp³-hybridized carbons (Fsp3) is 0.769. The Labute approximate surface area is 103 Å². The fourth-order valence-electron chi connectivity index (χ4n) is 2.10. The minimum atomic E-state index is 0.461. The van der Waals surface area contributed by atoms with Gasteiger partial charge in [-0.2, -0.15) is 0 Å². The van der Waals surface area contributed by atoms with Crippen LogP contribution in [0.1, 0.15) is 38.1 Å². The quantitative estimate of drug-likeness (QED) is 0.853. The summed E-state index contributed by atoms with van der Waals surface area (Å²) in [5.41, 5.74) is 1.05. The molecule has 0 aliphatic carbocycles.